The average molecular weight is 270 g/mol. The van der Waals surface area contributed by atoms with E-state index in [0.29, 0.717) is 5.56 Å². The van der Waals surface area contributed by atoms with E-state index in [2.05, 4.69) is 0 Å². The summed E-state index contributed by atoms with van der Waals surface area (Å²) in [6, 6.07) is 2.45. The molecule has 2 amide bonds. The Balaban J connectivity index is 2.11. The molecule has 0 spiro atoms. The summed E-state index contributed by atoms with van der Waals surface area (Å²) < 4.78 is 30.6. The monoisotopic (exact) mass is 270 g/mol. The van der Waals surface area contributed by atoms with Crippen molar-refractivity contribution >= 4 is 11.8 Å². The number of rotatable bonds is 3. The van der Waals surface area contributed by atoms with Crippen LogP contribution in [0.4, 0.5) is 8.78 Å². The molecule has 1 saturated heterocycles. The first-order valence-electron chi connectivity index (χ1n) is 5.60. The Labute approximate surface area is 107 Å². The second kappa shape index (κ2) is 5.41. The first-order valence-corrected chi connectivity index (χ1v) is 5.60. The highest BCUT2D eigenvalue weighted by Gasteiger charge is 2.28. The number of carbonyl (C=O) groups excluding carboxylic acids is 2. The van der Waals surface area contributed by atoms with Gasteiger partial charge in [0.15, 0.2) is 11.6 Å². The van der Waals surface area contributed by atoms with Gasteiger partial charge in [0, 0.05) is 12.6 Å². The number of hydrogen-bond donors (Lipinski definition) is 1. The Bertz CT molecular complexity index is 506. The summed E-state index contributed by atoms with van der Waals surface area (Å²) >= 11 is 0. The Morgan fingerprint density at radius 1 is 1.21 bits per heavy atom. The molecule has 2 N–H and O–H groups in total. The normalized spacial score (nSPS) is 17.7. The molecule has 2 rings (SSSR count). The van der Waals surface area contributed by atoms with Crippen molar-refractivity contribution in [3.63, 3.8) is 0 Å². The zero-order valence-electron chi connectivity index (χ0n) is 9.94. The Morgan fingerprint density at radius 3 is 2.42 bits per heavy atom. The quantitative estimate of drug-likeness (QED) is 0.804. The lowest BCUT2D eigenvalue weighted by molar-refractivity contribution is -0.158. The summed E-state index contributed by atoms with van der Waals surface area (Å²) in [6.45, 7) is -0.460. The fourth-order valence-corrected chi connectivity index (χ4v) is 1.77. The Morgan fingerprint density at radius 2 is 1.84 bits per heavy atom. The Hall–Kier alpha value is -1.86. The van der Waals surface area contributed by atoms with E-state index < -0.39 is 29.5 Å². The van der Waals surface area contributed by atoms with Crippen molar-refractivity contribution in [1.82, 2.24) is 4.90 Å². The smallest absolute Gasteiger partial charge is 0.255 e. The number of benzene rings is 1. The van der Waals surface area contributed by atoms with Crippen LogP contribution in [0.15, 0.2) is 18.2 Å². The molecule has 5 nitrogen and oxygen atoms in total. The van der Waals surface area contributed by atoms with Crippen molar-refractivity contribution in [2.24, 2.45) is 5.73 Å². The topological polar surface area (TPSA) is 72.6 Å². The van der Waals surface area contributed by atoms with Crippen LogP contribution in [0.5, 0.6) is 0 Å². The molecule has 0 aliphatic carbocycles. The van der Waals surface area contributed by atoms with E-state index in [9.17, 15) is 18.4 Å². The maximum absolute atomic E-state index is 13.1. The molecule has 1 unspecified atom stereocenters. The summed E-state index contributed by atoms with van der Waals surface area (Å²) in [4.78, 5) is 23.9. The van der Waals surface area contributed by atoms with E-state index in [1.54, 1.807) is 0 Å². The number of hydrogen-bond acceptors (Lipinski definition) is 4. The highest BCUT2D eigenvalue weighted by Crippen LogP contribution is 2.16. The number of nitrogens with zero attached hydrogens (tertiary/aromatic N) is 1. The van der Waals surface area contributed by atoms with E-state index in [-0.39, 0.29) is 19.8 Å². The highest BCUT2D eigenvalue weighted by atomic mass is 19.2. The molecule has 1 fully saturated rings. The van der Waals surface area contributed by atoms with Crippen LogP contribution in [-0.4, -0.2) is 36.5 Å². The Kier molecular flexibility index (Phi) is 3.87. The lowest BCUT2D eigenvalue weighted by Crippen LogP contribution is -2.48. The predicted octanol–water partition coefficient (Wildman–Crippen LogP) is 0.350. The first-order chi connectivity index (χ1) is 8.99. The second-order valence-corrected chi connectivity index (χ2v) is 4.17. The number of morpholine rings is 1. The lowest BCUT2D eigenvalue weighted by atomic mass is 10.1. The highest BCUT2D eigenvalue weighted by molar-refractivity contribution is 5.98. The third-order valence-corrected chi connectivity index (χ3v) is 2.80. The van der Waals surface area contributed by atoms with Crippen LogP contribution in [0, 0.1) is 11.6 Å². The number of amides is 2. The minimum absolute atomic E-state index is 0.0912. The number of nitrogens with two attached hydrogens (primary N) is 1. The van der Waals surface area contributed by atoms with E-state index in [1.165, 1.54) is 6.07 Å². The van der Waals surface area contributed by atoms with Crippen LogP contribution in [0.3, 0.4) is 0 Å². The molecule has 0 radical (unpaired) electrons. The molecule has 102 valence electrons. The van der Waals surface area contributed by atoms with Crippen LogP contribution in [0.25, 0.3) is 0 Å². The molecule has 1 aliphatic rings. The predicted molar refractivity (Wildman–Crippen MR) is 60.8 cm³/mol. The van der Waals surface area contributed by atoms with E-state index in [1.807, 2.05) is 0 Å². The van der Waals surface area contributed by atoms with Crippen LogP contribution in [0.1, 0.15) is 11.6 Å². The molecular weight excluding hydrogens is 258 g/mol. The van der Waals surface area contributed by atoms with Gasteiger partial charge >= 0.3 is 0 Å². The molecule has 19 heavy (non-hydrogen) atoms. The number of carbonyl (C=O) groups is 2. The van der Waals surface area contributed by atoms with E-state index in [0.717, 1.165) is 17.0 Å². The molecule has 0 saturated carbocycles. The molecule has 0 bridgehead atoms. The molecule has 1 aromatic rings. The zero-order valence-corrected chi connectivity index (χ0v) is 9.94. The van der Waals surface area contributed by atoms with Crippen molar-refractivity contribution in [1.29, 1.82) is 0 Å². The van der Waals surface area contributed by atoms with Crippen LogP contribution in [0.2, 0.25) is 0 Å². The van der Waals surface area contributed by atoms with Gasteiger partial charge in [0.2, 0.25) is 0 Å². The van der Waals surface area contributed by atoms with Crippen LogP contribution in [-0.2, 0) is 14.3 Å². The van der Waals surface area contributed by atoms with Gasteiger partial charge in [0.05, 0.1) is 0 Å². The SMILES string of the molecule is NC(CN1C(=O)COCC1=O)c1ccc(F)c(F)c1. The average Bonchev–Trinajstić information content (AvgIpc) is 2.37. The maximum atomic E-state index is 13.1. The molecule has 1 aliphatic heterocycles. The van der Waals surface area contributed by atoms with Crippen molar-refractivity contribution in [3.8, 4) is 0 Å². The van der Waals surface area contributed by atoms with Crippen molar-refractivity contribution in [2.45, 2.75) is 6.04 Å². The van der Waals surface area contributed by atoms with Crippen LogP contribution < -0.4 is 5.73 Å². The van der Waals surface area contributed by atoms with E-state index in [4.69, 9.17) is 10.5 Å². The van der Waals surface area contributed by atoms with Gasteiger partial charge in [-0.05, 0) is 17.7 Å². The third-order valence-electron chi connectivity index (χ3n) is 2.80. The van der Waals surface area contributed by atoms with Crippen molar-refractivity contribution in [3.05, 3.63) is 35.4 Å². The first kappa shape index (κ1) is 13.6. The largest absolute Gasteiger partial charge is 0.362 e. The van der Waals surface area contributed by atoms with Crippen LogP contribution >= 0.6 is 0 Å². The molecule has 7 heteroatoms. The van der Waals surface area contributed by atoms with Crippen molar-refractivity contribution in [2.75, 3.05) is 19.8 Å². The molecular formula is C12H12F2N2O3. The summed E-state index contributed by atoms with van der Waals surface area (Å²) in [7, 11) is 0. The second-order valence-electron chi connectivity index (χ2n) is 4.17. The summed E-state index contributed by atoms with van der Waals surface area (Å²) in [6.07, 6.45) is 0. The number of ether oxygens (including phenoxy) is 1. The van der Waals surface area contributed by atoms with Gasteiger partial charge in [-0.3, -0.25) is 14.5 Å². The van der Waals surface area contributed by atoms with Gasteiger partial charge in [0.1, 0.15) is 13.2 Å². The van der Waals surface area contributed by atoms with Gasteiger partial charge in [-0.15, -0.1) is 0 Å². The molecule has 1 heterocycles. The van der Waals surface area contributed by atoms with Gasteiger partial charge in [-0.1, -0.05) is 6.07 Å². The van der Waals surface area contributed by atoms with Gasteiger partial charge in [0.25, 0.3) is 11.8 Å². The van der Waals surface area contributed by atoms with E-state index >= 15 is 0 Å². The molecule has 1 atom stereocenters. The summed E-state index contributed by atoms with van der Waals surface area (Å²) in [5, 5.41) is 0. The summed E-state index contributed by atoms with van der Waals surface area (Å²) in [5.74, 6) is -2.98. The number of halogens is 2. The number of imide groups is 1. The minimum atomic E-state index is -1.02. The fourth-order valence-electron chi connectivity index (χ4n) is 1.77. The minimum Gasteiger partial charge on any atom is -0.362 e. The molecule has 0 aromatic heterocycles. The van der Waals surface area contributed by atoms with Gasteiger partial charge < -0.3 is 10.5 Å². The molecule has 1 aromatic carbocycles. The van der Waals surface area contributed by atoms with Crippen molar-refractivity contribution < 1.29 is 23.1 Å². The lowest BCUT2D eigenvalue weighted by Gasteiger charge is -2.27. The van der Waals surface area contributed by atoms with Gasteiger partial charge in [-0.25, -0.2) is 8.78 Å². The third kappa shape index (κ3) is 2.94. The van der Waals surface area contributed by atoms with Gasteiger partial charge in [-0.2, -0.15) is 0 Å². The fraction of sp³-hybridized carbons (Fsp3) is 0.333. The standard InChI is InChI=1S/C12H12F2N2O3/c13-8-2-1-7(3-9(8)14)10(15)4-16-11(17)5-19-6-12(16)18/h1-3,10H,4-6,15H2. The summed E-state index contributed by atoms with van der Waals surface area (Å²) in [5.41, 5.74) is 6.10. The maximum Gasteiger partial charge on any atom is 0.255 e. The zero-order chi connectivity index (χ0) is 14.0.